The first-order valence-corrected chi connectivity index (χ1v) is 6.65. The molecule has 0 saturated carbocycles. The second-order valence-corrected chi connectivity index (χ2v) is 5.45. The molecule has 2 N–H and O–H groups in total. The molecule has 1 atom stereocenters. The zero-order valence-corrected chi connectivity index (χ0v) is 10.7. The lowest BCUT2D eigenvalue weighted by molar-refractivity contribution is -0.124. The van der Waals surface area contributed by atoms with Crippen LogP contribution in [0.3, 0.4) is 0 Å². The molecule has 1 aliphatic rings. The fraction of sp³-hybridized carbons (Fsp3) is 0.500. The monoisotopic (exact) mass is 288 g/mol. The summed E-state index contributed by atoms with van der Waals surface area (Å²) < 4.78 is 1.08. The summed E-state index contributed by atoms with van der Waals surface area (Å²) in [5.41, 5.74) is 0. The first-order valence-electron chi connectivity index (χ1n) is 4.97. The molecule has 0 aromatic carbocycles. The molecule has 1 amide bonds. The number of halogens is 1. The van der Waals surface area contributed by atoms with E-state index in [1.54, 1.807) is 11.3 Å². The van der Waals surface area contributed by atoms with Crippen molar-refractivity contribution in [1.29, 1.82) is 0 Å². The van der Waals surface area contributed by atoms with Gasteiger partial charge in [0.2, 0.25) is 5.91 Å². The van der Waals surface area contributed by atoms with Gasteiger partial charge < -0.3 is 10.6 Å². The van der Waals surface area contributed by atoms with Gasteiger partial charge in [-0.3, -0.25) is 4.79 Å². The van der Waals surface area contributed by atoms with Crippen LogP contribution in [0.2, 0.25) is 0 Å². The highest BCUT2D eigenvalue weighted by Gasteiger charge is 2.21. The predicted octanol–water partition coefficient (Wildman–Crippen LogP) is 1.74. The van der Waals surface area contributed by atoms with Crippen molar-refractivity contribution in [3.8, 4) is 0 Å². The molecule has 1 saturated heterocycles. The Morgan fingerprint density at radius 3 is 3.20 bits per heavy atom. The molecule has 1 aromatic heterocycles. The van der Waals surface area contributed by atoms with Crippen molar-refractivity contribution >= 4 is 33.2 Å². The quantitative estimate of drug-likeness (QED) is 0.890. The Bertz CT molecular complexity index is 347. The minimum atomic E-state index is 0.156. The number of amides is 1. The van der Waals surface area contributed by atoms with E-state index >= 15 is 0 Å². The van der Waals surface area contributed by atoms with E-state index in [1.165, 1.54) is 4.88 Å². The lowest BCUT2D eigenvalue weighted by Crippen LogP contribution is -2.31. The number of rotatable bonds is 3. The molecule has 2 rings (SSSR count). The van der Waals surface area contributed by atoms with Gasteiger partial charge >= 0.3 is 0 Å². The molecule has 2 heterocycles. The van der Waals surface area contributed by atoms with Gasteiger partial charge in [0.1, 0.15) is 0 Å². The first-order chi connectivity index (χ1) is 7.27. The van der Waals surface area contributed by atoms with Crippen LogP contribution >= 0.6 is 27.3 Å². The van der Waals surface area contributed by atoms with Crippen LogP contribution < -0.4 is 10.6 Å². The fourth-order valence-electron chi connectivity index (χ4n) is 1.64. The van der Waals surface area contributed by atoms with Gasteiger partial charge in [-0.15, -0.1) is 11.3 Å². The number of carbonyl (C=O) groups is 1. The Hall–Kier alpha value is -0.390. The van der Waals surface area contributed by atoms with Crippen molar-refractivity contribution in [3.05, 3.63) is 20.8 Å². The van der Waals surface area contributed by atoms with Gasteiger partial charge in [-0.05, 0) is 40.3 Å². The van der Waals surface area contributed by atoms with Gasteiger partial charge in [0.25, 0.3) is 0 Å². The summed E-state index contributed by atoms with van der Waals surface area (Å²) in [5, 5.41) is 8.18. The summed E-state index contributed by atoms with van der Waals surface area (Å²) in [7, 11) is 0. The minimum Gasteiger partial charge on any atom is -0.351 e. The molecule has 82 valence electrons. The van der Waals surface area contributed by atoms with Gasteiger partial charge in [0.15, 0.2) is 0 Å². The third-order valence-electron chi connectivity index (χ3n) is 2.55. The van der Waals surface area contributed by atoms with Gasteiger partial charge in [-0.25, -0.2) is 0 Å². The molecular weight excluding hydrogens is 276 g/mol. The number of carbonyl (C=O) groups excluding carboxylic acids is 1. The summed E-state index contributed by atoms with van der Waals surface area (Å²) >= 11 is 5.10. The molecule has 0 aliphatic carbocycles. The summed E-state index contributed by atoms with van der Waals surface area (Å²) in [5.74, 6) is 0.323. The normalized spacial score (nSPS) is 20.5. The Kier molecular flexibility index (Phi) is 3.77. The van der Waals surface area contributed by atoms with Crippen LogP contribution in [0.25, 0.3) is 0 Å². The number of nitrogens with one attached hydrogen (secondary N) is 2. The van der Waals surface area contributed by atoms with E-state index in [1.807, 2.05) is 11.4 Å². The maximum absolute atomic E-state index is 11.7. The molecule has 0 spiro atoms. The average molecular weight is 289 g/mol. The molecule has 15 heavy (non-hydrogen) atoms. The van der Waals surface area contributed by atoms with E-state index < -0.39 is 0 Å². The van der Waals surface area contributed by atoms with E-state index in [4.69, 9.17) is 0 Å². The van der Waals surface area contributed by atoms with Crippen LogP contribution in [0.4, 0.5) is 0 Å². The maximum Gasteiger partial charge on any atom is 0.224 e. The van der Waals surface area contributed by atoms with Gasteiger partial charge in [-0.2, -0.15) is 0 Å². The largest absolute Gasteiger partial charge is 0.351 e. The average Bonchev–Trinajstić information content (AvgIpc) is 2.85. The third-order valence-corrected chi connectivity index (χ3v) is 4.47. The van der Waals surface area contributed by atoms with Crippen molar-refractivity contribution in [2.24, 2.45) is 5.92 Å². The molecular formula is C10H13BrN2OS. The maximum atomic E-state index is 11.7. The molecule has 1 aromatic rings. The topological polar surface area (TPSA) is 41.1 Å². The zero-order valence-electron chi connectivity index (χ0n) is 8.25. The smallest absolute Gasteiger partial charge is 0.224 e. The number of thiophene rings is 1. The molecule has 0 unspecified atom stereocenters. The van der Waals surface area contributed by atoms with E-state index in [0.717, 1.165) is 24.0 Å². The standard InChI is InChI=1S/C10H13BrN2OS/c11-8-2-4-15-9(8)6-13-10(14)7-1-3-12-5-7/h2,4,7,12H,1,3,5-6H2,(H,13,14)/t7-/m1/s1. The van der Waals surface area contributed by atoms with Crippen molar-refractivity contribution < 1.29 is 4.79 Å². The van der Waals surface area contributed by atoms with Crippen LogP contribution in [-0.4, -0.2) is 19.0 Å². The molecule has 1 aliphatic heterocycles. The fourth-order valence-corrected chi connectivity index (χ4v) is 3.07. The summed E-state index contributed by atoms with van der Waals surface area (Å²) in [6, 6.07) is 2.00. The second kappa shape index (κ2) is 5.09. The molecule has 5 heteroatoms. The van der Waals surface area contributed by atoms with Crippen molar-refractivity contribution in [2.75, 3.05) is 13.1 Å². The SMILES string of the molecule is O=C(NCc1sccc1Br)[C@@H]1CCNC1. The summed E-state index contributed by atoms with van der Waals surface area (Å²) in [6.45, 7) is 2.41. The van der Waals surface area contributed by atoms with Crippen molar-refractivity contribution in [1.82, 2.24) is 10.6 Å². The Balaban J connectivity index is 1.83. The lowest BCUT2D eigenvalue weighted by Gasteiger charge is -2.08. The molecule has 0 bridgehead atoms. The number of hydrogen-bond donors (Lipinski definition) is 2. The lowest BCUT2D eigenvalue weighted by atomic mass is 10.1. The third kappa shape index (κ3) is 2.80. The van der Waals surface area contributed by atoms with E-state index in [-0.39, 0.29) is 11.8 Å². The Morgan fingerprint density at radius 1 is 1.73 bits per heavy atom. The summed E-state index contributed by atoms with van der Waals surface area (Å²) in [4.78, 5) is 12.9. The predicted molar refractivity (Wildman–Crippen MR) is 64.8 cm³/mol. The van der Waals surface area contributed by atoms with Gasteiger partial charge in [0, 0.05) is 15.9 Å². The van der Waals surface area contributed by atoms with Crippen LogP contribution in [0.15, 0.2) is 15.9 Å². The highest BCUT2D eigenvalue weighted by Crippen LogP contribution is 2.22. The Labute approximate surface area is 101 Å². The minimum absolute atomic E-state index is 0.156. The highest BCUT2D eigenvalue weighted by atomic mass is 79.9. The van der Waals surface area contributed by atoms with Crippen LogP contribution in [0.5, 0.6) is 0 Å². The Morgan fingerprint density at radius 2 is 2.60 bits per heavy atom. The molecule has 1 fully saturated rings. The van der Waals surface area contributed by atoms with Gasteiger partial charge in [0.05, 0.1) is 12.5 Å². The van der Waals surface area contributed by atoms with E-state index in [9.17, 15) is 4.79 Å². The zero-order chi connectivity index (χ0) is 10.7. The summed E-state index contributed by atoms with van der Waals surface area (Å²) in [6.07, 6.45) is 0.956. The van der Waals surface area contributed by atoms with E-state index in [2.05, 4.69) is 26.6 Å². The highest BCUT2D eigenvalue weighted by molar-refractivity contribution is 9.10. The van der Waals surface area contributed by atoms with Crippen molar-refractivity contribution in [2.45, 2.75) is 13.0 Å². The van der Waals surface area contributed by atoms with Crippen LogP contribution in [0.1, 0.15) is 11.3 Å². The first kappa shape index (κ1) is 11.1. The molecule has 0 radical (unpaired) electrons. The molecule has 3 nitrogen and oxygen atoms in total. The van der Waals surface area contributed by atoms with Gasteiger partial charge in [-0.1, -0.05) is 0 Å². The second-order valence-electron chi connectivity index (χ2n) is 3.60. The van der Waals surface area contributed by atoms with Crippen molar-refractivity contribution in [3.63, 3.8) is 0 Å². The van der Waals surface area contributed by atoms with Crippen LogP contribution in [-0.2, 0) is 11.3 Å². The number of hydrogen-bond acceptors (Lipinski definition) is 3. The van der Waals surface area contributed by atoms with E-state index in [0.29, 0.717) is 6.54 Å². The van der Waals surface area contributed by atoms with Crippen LogP contribution in [0, 0.1) is 5.92 Å².